The Morgan fingerprint density at radius 1 is 1.03 bits per heavy atom. The zero-order valence-corrected chi connectivity index (χ0v) is 17.6. The van der Waals surface area contributed by atoms with Crippen molar-refractivity contribution in [2.45, 2.75) is 32.2 Å². The van der Waals surface area contributed by atoms with Crippen LogP contribution in [-0.2, 0) is 6.54 Å². The lowest BCUT2D eigenvalue weighted by atomic mass is 9.98. The molecule has 2 aromatic carbocycles. The molecule has 162 valence electrons. The van der Waals surface area contributed by atoms with Crippen molar-refractivity contribution in [3.63, 3.8) is 0 Å². The van der Waals surface area contributed by atoms with Crippen molar-refractivity contribution in [1.82, 2.24) is 20.0 Å². The van der Waals surface area contributed by atoms with Gasteiger partial charge in [-0.1, -0.05) is 37.1 Å². The number of benzene rings is 2. The zero-order chi connectivity index (χ0) is 22.1. The van der Waals surface area contributed by atoms with E-state index < -0.39 is 11.2 Å². The number of hydrazine groups is 1. The lowest BCUT2D eigenvalue weighted by Gasteiger charge is -2.24. The number of hydrogen-bond acceptors (Lipinski definition) is 4. The quantitative estimate of drug-likeness (QED) is 0.668. The molecular formula is C25H24N4O3. The predicted molar refractivity (Wildman–Crippen MR) is 123 cm³/mol. The Morgan fingerprint density at radius 3 is 2.62 bits per heavy atom. The molecular weight excluding hydrogens is 404 g/mol. The molecule has 0 saturated heterocycles. The van der Waals surface area contributed by atoms with E-state index in [2.05, 4.69) is 10.4 Å². The Balaban J connectivity index is 1.38. The first kappa shape index (κ1) is 20.1. The third-order valence-corrected chi connectivity index (χ3v) is 6.25. The molecule has 0 radical (unpaired) electrons. The highest BCUT2D eigenvalue weighted by molar-refractivity contribution is 5.95. The number of H-pyrrole nitrogens is 1. The largest absolute Gasteiger partial charge is 0.329 e. The number of para-hydroxylation sites is 1. The van der Waals surface area contributed by atoms with Gasteiger partial charge in [0.2, 0.25) is 0 Å². The molecule has 2 heterocycles. The molecule has 1 amide bonds. The molecule has 1 aliphatic heterocycles. The summed E-state index contributed by atoms with van der Waals surface area (Å²) >= 11 is 0. The van der Waals surface area contributed by atoms with Crippen molar-refractivity contribution in [3.05, 3.63) is 105 Å². The summed E-state index contributed by atoms with van der Waals surface area (Å²) in [6.07, 6.45) is 10.6. The van der Waals surface area contributed by atoms with Crippen LogP contribution in [0.5, 0.6) is 0 Å². The summed E-state index contributed by atoms with van der Waals surface area (Å²) in [4.78, 5) is 40.0. The van der Waals surface area contributed by atoms with Gasteiger partial charge in [0.1, 0.15) is 0 Å². The lowest BCUT2D eigenvalue weighted by Crippen LogP contribution is -2.37. The number of carbonyl (C=O) groups excluding carboxylic acids is 1. The van der Waals surface area contributed by atoms with Crippen LogP contribution in [0.4, 0.5) is 0 Å². The van der Waals surface area contributed by atoms with Crippen LogP contribution in [0.15, 0.2) is 82.2 Å². The molecule has 0 unspecified atom stereocenters. The minimum atomic E-state index is -0.476. The SMILES string of the molecule is O=C(c1cccc(Cn2c(=O)[nH]c(=O)c3ccccc32)c1)N1C=CC(C2CCCC2)=CN1. The second-order valence-corrected chi connectivity index (χ2v) is 8.31. The van der Waals surface area contributed by atoms with Crippen LogP contribution in [0, 0.1) is 5.92 Å². The average Bonchev–Trinajstić information content (AvgIpc) is 3.37. The van der Waals surface area contributed by atoms with E-state index in [0.717, 1.165) is 5.56 Å². The molecule has 7 nitrogen and oxygen atoms in total. The van der Waals surface area contributed by atoms with Gasteiger partial charge in [0.15, 0.2) is 0 Å². The topological polar surface area (TPSA) is 87.2 Å². The number of amides is 1. The Bertz CT molecular complexity index is 1360. The first-order valence-electron chi connectivity index (χ1n) is 10.9. The summed E-state index contributed by atoms with van der Waals surface area (Å²) in [6, 6.07) is 14.2. The second-order valence-electron chi connectivity index (χ2n) is 8.31. The molecule has 0 bridgehead atoms. The molecule has 1 fully saturated rings. The number of rotatable bonds is 4. The van der Waals surface area contributed by atoms with Crippen LogP contribution in [0.25, 0.3) is 10.9 Å². The molecule has 32 heavy (non-hydrogen) atoms. The third kappa shape index (κ3) is 3.77. The van der Waals surface area contributed by atoms with Crippen LogP contribution in [0.1, 0.15) is 41.6 Å². The standard InChI is InChI=1S/C25H24N4O3/c30-23-21-10-3-4-11-22(21)28(25(32)27-23)16-17-6-5-9-19(14-17)24(31)29-13-12-20(15-26-29)18-7-1-2-8-18/h3-6,9-15,18,26H,1-2,7-8,16H2,(H,27,30,32). The maximum absolute atomic E-state index is 13.0. The van der Waals surface area contributed by atoms with Crippen LogP contribution in [0.2, 0.25) is 0 Å². The molecule has 7 heteroatoms. The number of allylic oxidation sites excluding steroid dienone is 2. The molecule has 1 saturated carbocycles. The van der Waals surface area contributed by atoms with E-state index in [1.165, 1.54) is 40.8 Å². The van der Waals surface area contributed by atoms with E-state index in [9.17, 15) is 14.4 Å². The Morgan fingerprint density at radius 2 is 1.84 bits per heavy atom. The van der Waals surface area contributed by atoms with E-state index in [4.69, 9.17) is 0 Å². The van der Waals surface area contributed by atoms with Gasteiger partial charge in [-0.25, -0.2) is 9.80 Å². The average molecular weight is 428 g/mol. The van der Waals surface area contributed by atoms with E-state index in [1.807, 2.05) is 18.3 Å². The van der Waals surface area contributed by atoms with Gasteiger partial charge >= 0.3 is 5.69 Å². The molecule has 2 aliphatic rings. The first-order chi connectivity index (χ1) is 15.6. The molecule has 0 spiro atoms. The maximum atomic E-state index is 13.0. The number of hydrogen-bond donors (Lipinski definition) is 2. The summed E-state index contributed by atoms with van der Waals surface area (Å²) < 4.78 is 1.51. The van der Waals surface area contributed by atoms with Gasteiger partial charge in [0.25, 0.3) is 11.5 Å². The third-order valence-electron chi connectivity index (χ3n) is 6.25. The van der Waals surface area contributed by atoms with Gasteiger partial charge in [0, 0.05) is 18.0 Å². The zero-order valence-electron chi connectivity index (χ0n) is 17.6. The summed E-state index contributed by atoms with van der Waals surface area (Å²) in [7, 11) is 0. The van der Waals surface area contributed by atoms with Crippen LogP contribution in [-0.4, -0.2) is 20.5 Å². The monoisotopic (exact) mass is 428 g/mol. The molecule has 0 atom stereocenters. The first-order valence-corrected chi connectivity index (χ1v) is 10.9. The maximum Gasteiger partial charge on any atom is 0.329 e. The van der Waals surface area contributed by atoms with E-state index in [0.29, 0.717) is 22.4 Å². The Labute approximate surface area is 184 Å². The van der Waals surface area contributed by atoms with Gasteiger partial charge in [-0.15, -0.1) is 0 Å². The van der Waals surface area contributed by atoms with Gasteiger partial charge in [0.05, 0.1) is 17.4 Å². The minimum Gasteiger partial charge on any atom is -0.299 e. The summed E-state index contributed by atoms with van der Waals surface area (Å²) in [5.41, 5.74) is 5.31. The molecule has 5 rings (SSSR count). The van der Waals surface area contributed by atoms with Gasteiger partial charge in [-0.05, 0) is 60.2 Å². The smallest absolute Gasteiger partial charge is 0.299 e. The van der Waals surface area contributed by atoms with E-state index in [-0.39, 0.29) is 12.5 Å². The fraction of sp³-hybridized carbons (Fsp3) is 0.240. The predicted octanol–water partition coefficient (Wildman–Crippen LogP) is 3.29. The summed E-state index contributed by atoms with van der Waals surface area (Å²) in [5.74, 6) is 0.397. The molecule has 1 aromatic heterocycles. The highest BCUT2D eigenvalue weighted by Crippen LogP contribution is 2.32. The summed E-state index contributed by atoms with van der Waals surface area (Å²) in [5, 5.41) is 1.92. The lowest BCUT2D eigenvalue weighted by molar-refractivity contribution is 0.0778. The molecule has 1 aliphatic carbocycles. The highest BCUT2D eigenvalue weighted by Gasteiger charge is 2.22. The van der Waals surface area contributed by atoms with Crippen molar-refractivity contribution in [2.75, 3.05) is 0 Å². The van der Waals surface area contributed by atoms with Crippen LogP contribution < -0.4 is 16.7 Å². The molecule has 2 N–H and O–H groups in total. The van der Waals surface area contributed by atoms with Gasteiger partial charge in [-0.3, -0.25) is 24.6 Å². The normalized spacial score (nSPS) is 16.2. The second kappa shape index (κ2) is 8.34. The number of fused-ring (bicyclic) bond motifs is 1. The number of aromatic amines is 1. The number of aromatic nitrogens is 2. The van der Waals surface area contributed by atoms with Crippen LogP contribution >= 0.6 is 0 Å². The van der Waals surface area contributed by atoms with Crippen molar-refractivity contribution in [3.8, 4) is 0 Å². The van der Waals surface area contributed by atoms with Gasteiger partial charge < -0.3 is 0 Å². The number of nitrogens with zero attached hydrogens (tertiary/aromatic N) is 2. The van der Waals surface area contributed by atoms with E-state index >= 15 is 0 Å². The highest BCUT2D eigenvalue weighted by atomic mass is 16.2. The van der Waals surface area contributed by atoms with Crippen molar-refractivity contribution in [1.29, 1.82) is 0 Å². The Kier molecular flexibility index (Phi) is 5.23. The molecule has 3 aromatic rings. The Hall–Kier alpha value is -3.87. The number of nitrogens with one attached hydrogen (secondary N) is 2. The van der Waals surface area contributed by atoms with Crippen molar-refractivity contribution in [2.24, 2.45) is 5.92 Å². The summed E-state index contributed by atoms with van der Waals surface area (Å²) in [6.45, 7) is 0.242. The minimum absolute atomic E-state index is 0.177. The van der Waals surface area contributed by atoms with E-state index in [1.54, 1.807) is 48.7 Å². The fourth-order valence-corrected chi connectivity index (χ4v) is 4.56. The van der Waals surface area contributed by atoms with Crippen molar-refractivity contribution < 1.29 is 4.79 Å². The number of carbonyl (C=O) groups is 1. The van der Waals surface area contributed by atoms with Gasteiger partial charge in [-0.2, -0.15) is 0 Å². The fourth-order valence-electron chi connectivity index (χ4n) is 4.56. The van der Waals surface area contributed by atoms with Crippen LogP contribution in [0.3, 0.4) is 0 Å². The van der Waals surface area contributed by atoms with Crippen molar-refractivity contribution >= 4 is 16.8 Å².